The van der Waals surface area contributed by atoms with Crippen LogP contribution in [0.4, 0.5) is 0 Å². The normalized spacial score (nSPS) is 10.8. The van der Waals surface area contributed by atoms with Gasteiger partial charge in [0.2, 0.25) is 0 Å². The predicted molar refractivity (Wildman–Crippen MR) is 95.1 cm³/mol. The van der Waals surface area contributed by atoms with Gasteiger partial charge in [-0.25, -0.2) is 4.79 Å². The summed E-state index contributed by atoms with van der Waals surface area (Å²) >= 11 is 11.9. The highest BCUT2D eigenvalue weighted by Gasteiger charge is 2.06. The summed E-state index contributed by atoms with van der Waals surface area (Å²) < 4.78 is 11.1. The van der Waals surface area contributed by atoms with Gasteiger partial charge in [0.1, 0.15) is 36.4 Å². The van der Waals surface area contributed by atoms with Gasteiger partial charge in [0, 0.05) is 11.1 Å². The molecule has 0 heterocycles. The Hall–Kier alpha value is -2.68. The lowest BCUT2D eigenvalue weighted by Gasteiger charge is -2.10. The number of hydrogen-bond donors (Lipinski definition) is 1. The van der Waals surface area contributed by atoms with Gasteiger partial charge in [-0.2, -0.15) is 5.26 Å². The first-order chi connectivity index (χ1) is 12.0. The molecule has 0 amide bonds. The number of rotatable bonds is 7. The number of hydrogen-bond acceptors (Lipinski definition) is 4. The van der Waals surface area contributed by atoms with Crippen molar-refractivity contribution in [1.29, 1.82) is 5.26 Å². The summed E-state index contributed by atoms with van der Waals surface area (Å²) in [5.41, 5.74) is 0.200. The molecule has 0 saturated heterocycles. The second-order valence-electron chi connectivity index (χ2n) is 4.82. The molecule has 0 radical (unpaired) electrons. The molecule has 0 bridgehead atoms. The van der Waals surface area contributed by atoms with E-state index in [9.17, 15) is 4.79 Å². The molecule has 0 saturated carbocycles. The summed E-state index contributed by atoms with van der Waals surface area (Å²) in [7, 11) is 0. The Kier molecular flexibility index (Phi) is 6.70. The lowest BCUT2D eigenvalue weighted by atomic mass is 10.1. The Morgan fingerprint density at radius 2 is 1.92 bits per heavy atom. The number of aliphatic carboxylic acids is 1. The second-order valence-corrected chi connectivity index (χ2v) is 5.66. The molecule has 0 fully saturated rings. The van der Waals surface area contributed by atoms with Crippen LogP contribution in [0.25, 0.3) is 6.08 Å². The van der Waals surface area contributed by atoms with Crippen molar-refractivity contribution in [1.82, 2.24) is 0 Å². The van der Waals surface area contributed by atoms with E-state index in [0.29, 0.717) is 27.1 Å². The Morgan fingerprint density at radius 1 is 1.16 bits per heavy atom. The number of benzene rings is 2. The SMILES string of the molecule is N#CC(=Cc1cccc(OCCOc2cc(Cl)ccc2Cl)c1)C(=O)O. The number of ether oxygens (including phenoxy) is 2. The zero-order chi connectivity index (χ0) is 18.2. The zero-order valence-electron chi connectivity index (χ0n) is 12.9. The van der Waals surface area contributed by atoms with Gasteiger partial charge in [0.25, 0.3) is 0 Å². The van der Waals surface area contributed by atoms with E-state index in [2.05, 4.69) is 0 Å². The first-order valence-corrected chi connectivity index (χ1v) is 7.91. The summed E-state index contributed by atoms with van der Waals surface area (Å²) in [5.74, 6) is -0.285. The van der Waals surface area contributed by atoms with Crippen molar-refractivity contribution < 1.29 is 19.4 Å². The molecular weight excluding hydrogens is 365 g/mol. The van der Waals surface area contributed by atoms with E-state index in [-0.39, 0.29) is 18.8 Å². The molecule has 5 nitrogen and oxygen atoms in total. The molecule has 2 aromatic rings. The minimum absolute atomic E-state index is 0.249. The fourth-order valence-corrected chi connectivity index (χ4v) is 2.24. The van der Waals surface area contributed by atoms with Gasteiger partial charge in [-0.05, 0) is 35.9 Å². The van der Waals surface area contributed by atoms with Gasteiger partial charge in [-0.15, -0.1) is 0 Å². The monoisotopic (exact) mass is 377 g/mol. The summed E-state index contributed by atoms with van der Waals surface area (Å²) in [6.45, 7) is 0.499. The molecule has 0 aromatic heterocycles. The van der Waals surface area contributed by atoms with Crippen molar-refractivity contribution in [3.63, 3.8) is 0 Å². The van der Waals surface area contributed by atoms with Crippen LogP contribution in [0.3, 0.4) is 0 Å². The summed E-state index contributed by atoms with van der Waals surface area (Å²) in [6, 6.07) is 13.3. The molecule has 25 heavy (non-hydrogen) atoms. The molecule has 0 atom stereocenters. The third-order valence-electron chi connectivity index (χ3n) is 3.02. The third kappa shape index (κ3) is 5.71. The number of halogens is 2. The standard InChI is InChI=1S/C18H13Cl2NO4/c19-14-4-5-16(20)17(10-14)25-7-6-24-15-3-1-2-12(9-15)8-13(11-21)18(22)23/h1-5,8-10H,6-7H2,(H,22,23). The first kappa shape index (κ1) is 18.7. The van der Waals surface area contributed by atoms with E-state index in [1.54, 1.807) is 48.5 Å². The van der Waals surface area contributed by atoms with Gasteiger partial charge in [0.05, 0.1) is 5.02 Å². The van der Waals surface area contributed by atoms with Crippen LogP contribution in [0.1, 0.15) is 5.56 Å². The molecule has 0 aliphatic rings. The van der Waals surface area contributed by atoms with E-state index in [4.69, 9.17) is 43.0 Å². The number of carbonyl (C=O) groups is 1. The number of nitrogens with zero attached hydrogens (tertiary/aromatic N) is 1. The quantitative estimate of drug-likeness (QED) is 0.438. The minimum Gasteiger partial charge on any atom is -0.490 e. The van der Waals surface area contributed by atoms with Crippen molar-refractivity contribution in [2.24, 2.45) is 0 Å². The van der Waals surface area contributed by atoms with Crippen LogP contribution in [0, 0.1) is 11.3 Å². The van der Waals surface area contributed by atoms with E-state index >= 15 is 0 Å². The predicted octanol–water partition coefficient (Wildman–Crippen LogP) is 4.44. The Morgan fingerprint density at radius 3 is 2.64 bits per heavy atom. The molecule has 1 N–H and O–H groups in total. The highest BCUT2D eigenvalue weighted by molar-refractivity contribution is 6.34. The topological polar surface area (TPSA) is 79.5 Å². The van der Waals surface area contributed by atoms with Crippen molar-refractivity contribution >= 4 is 35.2 Å². The highest BCUT2D eigenvalue weighted by Crippen LogP contribution is 2.27. The van der Waals surface area contributed by atoms with E-state index < -0.39 is 5.97 Å². The van der Waals surface area contributed by atoms with Crippen LogP contribution in [-0.2, 0) is 4.79 Å². The lowest BCUT2D eigenvalue weighted by Crippen LogP contribution is -2.09. The molecule has 0 aliphatic heterocycles. The molecule has 0 aliphatic carbocycles. The number of carboxylic acids is 1. The van der Waals surface area contributed by atoms with Gasteiger partial charge < -0.3 is 14.6 Å². The van der Waals surface area contributed by atoms with Crippen molar-refractivity contribution in [3.8, 4) is 17.6 Å². The fraction of sp³-hybridized carbons (Fsp3) is 0.111. The molecule has 7 heteroatoms. The summed E-state index contributed by atoms with van der Waals surface area (Å²) in [4.78, 5) is 10.9. The second kappa shape index (κ2) is 8.97. The van der Waals surface area contributed by atoms with E-state index in [0.717, 1.165) is 0 Å². The largest absolute Gasteiger partial charge is 0.490 e. The number of carboxylic acid groups (broad SMARTS) is 1. The molecule has 0 spiro atoms. The number of nitriles is 1. The maximum atomic E-state index is 10.9. The summed E-state index contributed by atoms with van der Waals surface area (Å²) in [5, 5.41) is 18.6. The average molecular weight is 378 g/mol. The molecule has 2 aromatic carbocycles. The molecule has 128 valence electrons. The Balaban J connectivity index is 1.93. The van der Waals surface area contributed by atoms with E-state index in [1.807, 2.05) is 0 Å². The third-order valence-corrected chi connectivity index (χ3v) is 3.57. The Bertz CT molecular complexity index is 843. The van der Waals surface area contributed by atoms with Crippen LogP contribution in [0.2, 0.25) is 10.0 Å². The highest BCUT2D eigenvalue weighted by atomic mass is 35.5. The van der Waals surface area contributed by atoms with Crippen LogP contribution in [-0.4, -0.2) is 24.3 Å². The minimum atomic E-state index is -1.28. The van der Waals surface area contributed by atoms with Crippen molar-refractivity contribution in [2.75, 3.05) is 13.2 Å². The molecule has 0 unspecified atom stereocenters. The van der Waals surface area contributed by atoms with Gasteiger partial charge in [-0.3, -0.25) is 0 Å². The van der Waals surface area contributed by atoms with Crippen molar-refractivity contribution in [2.45, 2.75) is 0 Å². The summed E-state index contributed by atoms with van der Waals surface area (Å²) in [6.07, 6.45) is 1.28. The van der Waals surface area contributed by atoms with Crippen LogP contribution in [0.15, 0.2) is 48.0 Å². The van der Waals surface area contributed by atoms with Crippen molar-refractivity contribution in [3.05, 3.63) is 63.6 Å². The smallest absolute Gasteiger partial charge is 0.346 e. The van der Waals surface area contributed by atoms with Crippen LogP contribution < -0.4 is 9.47 Å². The molecular formula is C18H13Cl2NO4. The Labute approximate surface area is 154 Å². The first-order valence-electron chi connectivity index (χ1n) is 7.15. The van der Waals surface area contributed by atoms with Gasteiger partial charge >= 0.3 is 5.97 Å². The zero-order valence-corrected chi connectivity index (χ0v) is 14.4. The fourth-order valence-electron chi connectivity index (χ4n) is 1.90. The van der Waals surface area contributed by atoms with Gasteiger partial charge in [-0.1, -0.05) is 35.3 Å². The molecule has 2 rings (SSSR count). The average Bonchev–Trinajstić information content (AvgIpc) is 2.59. The van der Waals surface area contributed by atoms with Gasteiger partial charge in [0.15, 0.2) is 0 Å². The van der Waals surface area contributed by atoms with E-state index in [1.165, 1.54) is 6.08 Å². The maximum Gasteiger partial charge on any atom is 0.346 e. The van der Waals surface area contributed by atoms with Crippen LogP contribution in [0.5, 0.6) is 11.5 Å². The van der Waals surface area contributed by atoms with Crippen LogP contribution >= 0.6 is 23.2 Å². The lowest BCUT2D eigenvalue weighted by molar-refractivity contribution is -0.132. The maximum absolute atomic E-state index is 10.9.